The molecule has 1 fully saturated rings. The molecule has 2 aromatic carbocycles. The number of hydrogen-bond acceptors (Lipinski definition) is 4. The zero-order chi connectivity index (χ0) is 19.3. The quantitative estimate of drug-likeness (QED) is 0.539. The van der Waals surface area contributed by atoms with Crippen LogP contribution in [-0.2, 0) is 19.9 Å². The zero-order valence-electron chi connectivity index (χ0n) is 15.8. The normalized spacial score (nSPS) is 23.1. The zero-order valence-corrected chi connectivity index (χ0v) is 17.5. The Hall–Kier alpha value is -1.65. The summed E-state index contributed by atoms with van der Waals surface area (Å²) in [5.41, 5.74) is 1.63. The van der Waals surface area contributed by atoms with Gasteiger partial charge in [-0.15, -0.1) is 0 Å². The first kappa shape index (κ1) is 20.1. The average molecular weight is 433 g/mol. The summed E-state index contributed by atoms with van der Waals surface area (Å²) in [5.74, 6) is -0.440. The topological polar surface area (TPSA) is 55.8 Å². The van der Waals surface area contributed by atoms with E-state index < -0.39 is 11.7 Å². The van der Waals surface area contributed by atoms with Gasteiger partial charge in [0.25, 0.3) is 0 Å². The van der Waals surface area contributed by atoms with Gasteiger partial charge < -0.3 is 0 Å². The molecule has 1 N–H and O–H groups in total. The van der Waals surface area contributed by atoms with E-state index >= 15 is 0 Å². The summed E-state index contributed by atoms with van der Waals surface area (Å²) >= 11 is 0.105. The van der Waals surface area contributed by atoms with Crippen LogP contribution in [0.4, 0.5) is 0 Å². The van der Waals surface area contributed by atoms with Crippen molar-refractivity contribution in [3.05, 3.63) is 65.7 Å². The van der Waals surface area contributed by atoms with Crippen LogP contribution in [0.25, 0.3) is 0 Å². The van der Waals surface area contributed by atoms with Gasteiger partial charge in [-0.05, 0) is 0 Å². The minimum absolute atomic E-state index is 0.105. The molecule has 4 nitrogen and oxygen atoms in total. The van der Waals surface area contributed by atoms with Gasteiger partial charge in [0, 0.05) is 0 Å². The third-order valence-electron chi connectivity index (χ3n) is 5.10. The first-order valence-corrected chi connectivity index (χ1v) is 11.3. The van der Waals surface area contributed by atoms with Gasteiger partial charge in [0.2, 0.25) is 0 Å². The van der Waals surface area contributed by atoms with Crippen LogP contribution >= 0.6 is 0 Å². The number of esters is 1. The fourth-order valence-corrected chi connectivity index (χ4v) is 6.25. The molecule has 5 heteroatoms. The molecule has 1 heterocycles. The van der Waals surface area contributed by atoms with Crippen LogP contribution in [0.1, 0.15) is 37.0 Å². The second-order valence-electron chi connectivity index (χ2n) is 6.85. The summed E-state index contributed by atoms with van der Waals surface area (Å²) in [7, 11) is 1.43. The van der Waals surface area contributed by atoms with Crippen molar-refractivity contribution in [1.29, 1.82) is 0 Å². The number of carbonyl (C=O) groups is 1. The van der Waals surface area contributed by atoms with Crippen LogP contribution in [0.3, 0.4) is 0 Å². The fourth-order valence-electron chi connectivity index (χ4n) is 3.52. The maximum absolute atomic E-state index is 12.1. The first-order valence-electron chi connectivity index (χ1n) is 9.26. The van der Waals surface area contributed by atoms with Crippen LogP contribution in [-0.4, -0.2) is 39.7 Å². The van der Waals surface area contributed by atoms with Crippen molar-refractivity contribution in [2.75, 3.05) is 13.7 Å². The summed E-state index contributed by atoms with van der Waals surface area (Å²) in [6.07, 6.45) is 0.880. The van der Waals surface area contributed by atoms with Crippen LogP contribution in [0.15, 0.2) is 54.6 Å². The number of aliphatic hydroxyl groups excluding tert-OH is 1. The molecule has 1 saturated heterocycles. The Morgan fingerprint density at radius 1 is 1.26 bits per heavy atom. The molecule has 0 amide bonds. The van der Waals surface area contributed by atoms with Gasteiger partial charge >= 0.3 is 167 Å². The van der Waals surface area contributed by atoms with E-state index in [1.54, 1.807) is 0 Å². The summed E-state index contributed by atoms with van der Waals surface area (Å²) in [5, 5.41) is 11.2. The summed E-state index contributed by atoms with van der Waals surface area (Å²) in [6, 6.07) is 18.2. The Morgan fingerprint density at radius 2 is 1.96 bits per heavy atom. The van der Waals surface area contributed by atoms with E-state index in [1.165, 1.54) is 11.6 Å². The van der Waals surface area contributed by atoms with Crippen molar-refractivity contribution in [3.63, 3.8) is 0 Å². The van der Waals surface area contributed by atoms with Gasteiger partial charge in [0.15, 0.2) is 0 Å². The molecule has 0 bridgehead atoms. The van der Waals surface area contributed by atoms with Crippen LogP contribution < -0.4 is 4.46 Å². The number of ether oxygens (including phenoxy) is 2. The van der Waals surface area contributed by atoms with Crippen LogP contribution in [0.5, 0.6) is 0 Å². The molecule has 0 saturated carbocycles. The van der Waals surface area contributed by atoms with Gasteiger partial charge in [0.05, 0.1) is 0 Å². The molecule has 3 rings (SSSR count). The molecule has 1 aliphatic rings. The average Bonchev–Trinajstić information content (AvgIpc) is 3.18. The van der Waals surface area contributed by atoms with E-state index in [9.17, 15) is 9.90 Å². The summed E-state index contributed by atoms with van der Waals surface area (Å²) in [6.45, 7) is 2.37. The van der Waals surface area contributed by atoms with E-state index in [2.05, 4.69) is 18.2 Å². The Bertz CT molecular complexity index is 764. The second-order valence-corrected chi connectivity index (χ2v) is 8.98. The molecule has 0 radical (unpaired) electrons. The number of methoxy groups -OCH3 is 1. The number of rotatable bonds is 7. The Kier molecular flexibility index (Phi) is 6.72. The van der Waals surface area contributed by atoms with Crippen molar-refractivity contribution in [2.24, 2.45) is 5.92 Å². The van der Waals surface area contributed by atoms with Crippen molar-refractivity contribution in [3.8, 4) is 0 Å². The molecule has 1 aliphatic heterocycles. The number of aliphatic hydroxyl groups is 1. The van der Waals surface area contributed by atoms with E-state index in [1.807, 2.05) is 43.3 Å². The number of benzene rings is 2. The van der Waals surface area contributed by atoms with Gasteiger partial charge in [0.1, 0.15) is 0 Å². The van der Waals surface area contributed by atoms with Gasteiger partial charge in [-0.1, -0.05) is 0 Å². The Morgan fingerprint density at radius 3 is 2.67 bits per heavy atom. The van der Waals surface area contributed by atoms with Crippen molar-refractivity contribution in [1.82, 2.24) is 0 Å². The van der Waals surface area contributed by atoms with Gasteiger partial charge in [-0.2, -0.15) is 0 Å². The van der Waals surface area contributed by atoms with Crippen LogP contribution in [0.2, 0.25) is 5.32 Å². The molecule has 144 valence electrons. The molecule has 2 unspecified atom stereocenters. The van der Waals surface area contributed by atoms with E-state index in [4.69, 9.17) is 9.47 Å². The number of hydrogen-bond donors (Lipinski definition) is 1. The molecular formula is C22H26O4Se. The van der Waals surface area contributed by atoms with Crippen molar-refractivity contribution >= 4 is 25.4 Å². The summed E-state index contributed by atoms with van der Waals surface area (Å²) < 4.78 is 12.4. The molecule has 0 aliphatic carbocycles. The third kappa shape index (κ3) is 4.44. The SMILES string of the molecule is CC[C@H](O)c1ccccc1[Se]CC1(c2ccccc2)CC(C(=O)OC)CO1. The summed E-state index contributed by atoms with van der Waals surface area (Å²) in [4.78, 5) is 12.1. The fraction of sp³-hybridized carbons (Fsp3) is 0.409. The minimum atomic E-state index is -0.482. The molecule has 0 aromatic heterocycles. The van der Waals surface area contributed by atoms with E-state index in [0.717, 1.165) is 16.4 Å². The van der Waals surface area contributed by atoms with Crippen LogP contribution in [0, 0.1) is 5.92 Å². The first-order chi connectivity index (χ1) is 13.1. The standard InChI is InChI=1S/C22H26O4Se/c1-3-19(23)18-11-7-8-12-20(18)27-15-22(17-9-5-4-6-10-17)13-16(14-26-22)21(24)25-2/h4-12,16,19,23H,3,13-15H2,1-2H3/t16?,19-,22?/m0/s1. The number of carbonyl (C=O) groups excluding carboxylic acids is 1. The second kappa shape index (κ2) is 9.03. The van der Waals surface area contributed by atoms with Crippen molar-refractivity contribution in [2.45, 2.75) is 36.8 Å². The van der Waals surface area contributed by atoms with E-state index in [0.29, 0.717) is 19.4 Å². The van der Waals surface area contributed by atoms with E-state index in [-0.39, 0.29) is 26.8 Å². The predicted molar refractivity (Wildman–Crippen MR) is 106 cm³/mol. The monoisotopic (exact) mass is 434 g/mol. The molecule has 0 spiro atoms. The molecular weight excluding hydrogens is 407 g/mol. The van der Waals surface area contributed by atoms with Gasteiger partial charge in [-0.3, -0.25) is 0 Å². The molecule has 27 heavy (non-hydrogen) atoms. The Labute approximate surface area is 167 Å². The van der Waals surface area contributed by atoms with Gasteiger partial charge in [-0.25, -0.2) is 0 Å². The Balaban J connectivity index is 1.85. The molecule has 2 aromatic rings. The molecule has 3 atom stereocenters. The maximum atomic E-state index is 12.1. The third-order valence-corrected chi connectivity index (χ3v) is 7.81. The van der Waals surface area contributed by atoms with Crippen molar-refractivity contribution < 1.29 is 19.4 Å². The predicted octanol–water partition coefficient (Wildman–Crippen LogP) is 2.98.